The van der Waals surface area contributed by atoms with Gasteiger partial charge in [0.15, 0.2) is 0 Å². The van der Waals surface area contributed by atoms with Gasteiger partial charge >= 0.3 is 0 Å². The Balaban J connectivity index is 3.56. The Morgan fingerprint density at radius 2 is 2.00 bits per heavy atom. The van der Waals surface area contributed by atoms with E-state index in [1.54, 1.807) is 7.11 Å². The highest BCUT2D eigenvalue weighted by Gasteiger charge is 2.14. The summed E-state index contributed by atoms with van der Waals surface area (Å²) in [4.78, 5) is 0. The molecule has 0 aliphatic carbocycles. The molecule has 0 aliphatic heterocycles. The highest BCUT2D eigenvalue weighted by Crippen LogP contribution is 2.17. The number of ether oxygens (including phenoxy) is 1. The fraction of sp³-hybridized carbons (Fsp3) is 0.778. The summed E-state index contributed by atoms with van der Waals surface area (Å²) in [6.07, 6.45) is 2.11. The van der Waals surface area contributed by atoms with E-state index in [0.717, 1.165) is 12.8 Å². The van der Waals surface area contributed by atoms with Crippen molar-refractivity contribution in [3.63, 3.8) is 0 Å². The van der Waals surface area contributed by atoms with Gasteiger partial charge in [0.25, 0.3) is 0 Å². The van der Waals surface area contributed by atoms with Gasteiger partial charge in [0, 0.05) is 7.11 Å². The molecule has 0 N–H and O–H groups in total. The molecule has 60 valence electrons. The SMILES string of the molecule is C=C(C)CCC(C)(C)OC. The fourth-order valence-corrected chi connectivity index (χ4v) is 0.616. The summed E-state index contributed by atoms with van der Waals surface area (Å²) in [5.74, 6) is 0. The van der Waals surface area contributed by atoms with E-state index in [1.807, 2.05) is 6.92 Å². The van der Waals surface area contributed by atoms with Crippen LogP contribution in [0.15, 0.2) is 12.2 Å². The lowest BCUT2D eigenvalue weighted by atomic mass is 10.00. The minimum Gasteiger partial charge on any atom is -0.379 e. The van der Waals surface area contributed by atoms with Gasteiger partial charge in [0.2, 0.25) is 0 Å². The number of hydrogen-bond donors (Lipinski definition) is 0. The number of rotatable bonds is 4. The second kappa shape index (κ2) is 3.77. The van der Waals surface area contributed by atoms with Crippen LogP contribution < -0.4 is 0 Å². The zero-order valence-corrected chi connectivity index (χ0v) is 7.53. The summed E-state index contributed by atoms with van der Waals surface area (Å²) in [7, 11) is 1.75. The van der Waals surface area contributed by atoms with Crippen LogP contribution in [0.1, 0.15) is 33.6 Å². The molecule has 0 rings (SSSR count). The standard InChI is InChI=1S/C9H18O/c1-8(2)6-7-9(3,4)10-5/h1,6-7H2,2-5H3. The van der Waals surface area contributed by atoms with Crippen molar-refractivity contribution >= 4 is 0 Å². The number of methoxy groups -OCH3 is 1. The summed E-state index contributed by atoms with van der Waals surface area (Å²) >= 11 is 0. The molecule has 0 fully saturated rings. The van der Waals surface area contributed by atoms with Crippen molar-refractivity contribution < 1.29 is 4.74 Å². The second-order valence-corrected chi connectivity index (χ2v) is 3.42. The van der Waals surface area contributed by atoms with E-state index in [1.165, 1.54) is 5.57 Å². The van der Waals surface area contributed by atoms with Gasteiger partial charge < -0.3 is 4.74 Å². The Labute approximate surface area is 64.1 Å². The second-order valence-electron chi connectivity index (χ2n) is 3.42. The molecule has 0 aliphatic rings. The van der Waals surface area contributed by atoms with Gasteiger partial charge in [-0.15, -0.1) is 6.58 Å². The van der Waals surface area contributed by atoms with Crippen molar-refractivity contribution in [2.24, 2.45) is 0 Å². The maximum absolute atomic E-state index is 5.25. The minimum atomic E-state index is 0.0128. The first-order valence-corrected chi connectivity index (χ1v) is 3.67. The summed E-state index contributed by atoms with van der Waals surface area (Å²) in [6, 6.07) is 0. The van der Waals surface area contributed by atoms with Crippen molar-refractivity contribution in [3.05, 3.63) is 12.2 Å². The highest BCUT2D eigenvalue weighted by atomic mass is 16.5. The molecular formula is C9H18O. The molecule has 1 heteroatoms. The van der Waals surface area contributed by atoms with Crippen molar-refractivity contribution in [1.82, 2.24) is 0 Å². The molecular weight excluding hydrogens is 124 g/mol. The van der Waals surface area contributed by atoms with E-state index >= 15 is 0 Å². The molecule has 0 saturated heterocycles. The van der Waals surface area contributed by atoms with Crippen LogP contribution in [-0.2, 0) is 4.74 Å². The van der Waals surface area contributed by atoms with Gasteiger partial charge in [-0.05, 0) is 33.6 Å². The van der Waals surface area contributed by atoms with Crippen LogP contribution >= 0.6 is 0 Å². The lowest BCUT2D eigenvalue weighted by Crippen LogP contribution is -2.21. The van der Waals surface area contributed by atoms with Crippen molar-refractivity contribution in [2.75, 3.05) is 7.11 Å². The first-order valence-electron chi connectivity index (χ1n) is 3.67. The molecule has 0 heterocycles. The quantitative estimate of drug-likeness (QED) is 0.548. The maximum Gasteiger partial charge on any atom is 0.0625 e. The van der Waals surface area contributed by atoms with Gasteiger partial charge in [-0.25, -0.2) is 0 Å². The molecule has 0 unspecified atom stereocenters. The topological polar surface area (TPSA) is 9.23 Å². The molecule has 0 aromatic heterocycles. The molecule has 0 radical (unpaired) electrons. The first kappa shape index (κ1) is 9.70. The van der Waals surface area contributed by atoms with Gasteiger partial charge in [-0.2, -0.15) is 0 Å². The Kier molecular flexibility index (Phi) is 3.66. The van der Waals surface area contributed by atoms with E-state index in [-0.39, 0.29) is 5.60 Å². The van der Waals surface area contributed by atoms with Crippen LogP contribution in [-0.4, -0.2) is 12.7 Å². The Morgan fingerprint density at radius 1 is 1.50 bits per heavy atom. The summed E-state index contributed by atoms with van der Waals surface area (Å²) < 4.78 is 5.25. The zero-order chi connectivity index (χ0) is 8.20. The summed E-state index contributed by atoms with van der Waals surface area (Å²) in [5.41, 5.74) is 1.24. The first-order chi connectivity index (χ1) is 4.48. The van der Waals surface area contributed by atoms with Crippen molar-refractivity contribution in [2.45, 2.75) is 39.2 Å². The van der Waals surface area contributed by atoms with Crippen LogP contribution in [0.2, 0.25) is 0 Å². The van der Waals surface area contributed by atoms with E-state index in [0.29, 0.717) is 0 Å². The van der Waals surface area contributed by atoms with E-state index in [9.17, 15) is 0 Å². The predicted octanol–water partition coefficient (Wildman–Crippen LogP) is 2.77. The molecule has 0 amide bonds. The maximum atomic E-state index is 5.25. The van der Waals surface area contributed by atoms with Crippen LogP contribution in [0.3, 0.4) is 0 Å². The van der Waals surface area contributed by atoms with E-state index in [4.69, 9.17) is 4.74 Å². The summed E-state index contributed by atoms with van der Waals surface area (Å²) in [5, 5.41) is 0. The zero-order valence-electron chi connectivity index (χ0n) is 7.53. The lowest BCUT2D eigenvalue weighted by Gasteiger charge is -2.22. The predicted molar refractivity (Wildman–Crippen MR) is 45.1 cm³/mol. The average molecular weight is 142 g/mol. The number of allylic oxidation sites excluding steroid dienone is 1. The molecule has 0 atom stereocenters. The fourth-order valence-electron chi connectivity index (χ4n) is 0.616. The van der Waals surface area contributed by atoms with E-state index < -0.39 is 0 Å². The largest absolute Gasteiger partial charge is 0.379 e. The molecule has 1 nitrogen and oxygen atoms in total. The van der Waals surface area contributed by atoms with Crippen LogP contribution in [0.4, 0.5) is 0 Å². The molecule has 0 saturated carbocycles. The third-order valence-electron chi connectivity index (χ3n) is 1.71. The normalized spacial score (nSPS) is 11.6. The monoisotopic (exact) mass is 142 g/mol. The Bertz CT molecular complexity index is 114. The van der Waals surface area contributed by atoms with Crippen LogP contribution in [0, 0.1) is 0 Å². The highest BCUT2D eigenvalue weighted by molar-refractivity contribution is 4.89. The Hall–Kier alpha value is -0.300. The van der Waals surface area contributed by atoms with Crippen molar-refractivity contribution in [1.29, 1.82) is 0 Å². The Morgan fingerprint density at radius 3 is 2.30 bits per heavy atom. The third kappa shape index (κ3) is 4.57. The van der Waals surface area contributed by atoms with Gasteiger partial charge in [0.05, 0.1) is 5.60 Å². The molecule has 0 aromatic carbocycles. The molecule has 10 heavy (non-hydrogen) atoms. The molecule has 0 aromatic rings. The summed E-state index contributed by atoms with van der Waals surface area (Å²) in [6.45, 7) is 10.1. The lowest BCUT2D eigenvalue weighted by molar-refractivity contribution is 0.0158. The van der Waals surface area contributed by atoms with Gasteiger partial charge in [-0.1, -0.05) is 5.57 Å². The van der Waals surface area contributed by atoms with Crippen molar-refractivity contribution in [3.8, 4) is 0 Å². The minimum absolute atomic E-state index is 0.0128. The van der Waals surface area contributed by atoms with Crippen LogP contribution in [0.25, 0.3) is 0 Å². The number of hydrogen-bond acceptors (Lipinski definition) is 1. The van der Waals surface area contributed by atoms with Gasteiger partial charge in [0.1, 0.15) is 0 Å². The van der Waals surface area contributed by atoms with Gasteiger partial charge in [-0.3, -0.25) is 0 Å². The van der Waals surface area contributed by atoms with E-state index in [2.05, 4.69) is 20.4 Å². The molecule has 0 spiro atoms. The smallest absolute Gasteiger partial charge is 0.0625 e. The third-order valence-corrected chi connectivity index (χ3v) is 1.71. The average Bonchev–Trinajstić information content (AvgIpc) is 1.85. The molecule has 0 bridgehead atoms. The van der Waals surface area contributed by atoms with Crippen LogP contribution in [0.5, 0.6) is 0 Å².